The van der Waals surface area contributed by atoms with E-state index in [0.717, 1.165) is 16.9 Å². The van der Waals surface area contributed by atoms with Gasteiger partial charge in [0.05, 0.1) is 0 Å². The maximum atomic E-state index is 5.09. The molecule has 0 aliphatic heterocycles. The van der Waals surface area contributed by atoms with Gasteiger partial charge in [-0.25, -0.2) is 0 Å². The van der Waals surface area contributed by atoms with Crippen LogP contribution >= 0.6 is 12.2 Å². The van der Waals surface area contributed by atoms with Crippen LogP contribution in [0.2, 0.25) is 0 Å². The maximum Gasteiger partial charge on any atom is 0.166 e. The molecule has 0 saturated heterocycles. The summed E-state index contributed by atoms with van der Waals surface area (Å²) in [7, 11) is 1.87. The molecule has 1 aliphatic carbocycles. The number of nitrogens with one attached hydrogen (secondary N) is 2. The Morgan fingerprint density at radius 3 is 2.15 bits per heavy atom. The molecule has 0 spiro atoms. The Hall–Kier alpha value is -0.310. The predicted octanol–water partition coefficient (Wildman–Crippen LogP) is 1.90. The van der Waals surface area contributed by atoms with Crippen LogP contribution in [0, 0.1) is 11.8 Å². The molecule has 0 aromatic carbocycles. The van der Waals surface area contributed by atoms with Crippen LogP contribution in [0.3, 0.4) is 0 Å². The van der Waals surface area contributed by atoms with Crippen molar-refractivity contribution in [2.24, 2.45) is 11.8 Å². The lowest BCUT2D eigenvalue weighted by Gasteiger charge is -2.32. The van der Waals surface area contributed by atoms with Gasteiger partial charge in [0, 0.05) is 13.1 Å². The fraction of sp³-hybridized carbons (Fsp3) is 0.900. The predicted molar refractivity (Wildman–Crippen MR) is 60.8 cm³/mol. The fourth-order valence-electron chi connectivity index (χ4n) is 2.32. The first kappa shape index (κ1) is 10.8. The molecule has 1 saturated carbocycles. The normalized spacial score (nSPS) is 33.9. The van der Waals surface area contributed by atoms with Crippen molar-refractivity contribution in [1.82, 2.24) is 10.6 Å². The second kappa shape index (κ2) is 4.80. The molecule has 2 atom stereocenters. The zero-order chi connectivity index (χ0) is 9.84. The first-order valence-electron chi connectivity index (χ1n) is 5.10. The number of thiocarbonyl (C=S) groups is 1. The van der Waals surface area contributed by atoms with Crippen molar-refractivity contribution in [3.63, 3.8) is 0 Å². The minimum atomic E-state index is 0.582. The Morgan fingerprint density at radius 1 is 1.15 bits per heavy atom. The Morgan fingerprint density at radius 2 is 1.69 bits per heavy atom. The molecule has 0 amide bonds. The molecule has 2 nitrogen and oxygen atoms in total. The van der Waals surface area contributed by atoms with Gasteiger partial charge < -0.3 is 10.6 Å². The Kier molecular flexibility index (Phi) is 3.97. The van der Waals surface area contributed by atoms with E-state index >= 15 is 0 Å². The van der Waals surface area contributed by atoms with E-state index < -0.39 is 0 Å². The van der Waals surface area contributed by atoms with Gasteiger partial charge in [0.25, 0.3) is 0 Å². The summed E-state index contributed by atoms with van der Waals surface area (Å²) < 4.78 is 0. The van der Waals surface area contributed by atoms with Crippen LogP contribution in [0.5, 0.6) is 0 Å². The van der Waals surface area contributed by atoms with Gasteiger partial charge in [-0.15, -0.1) is 0 Å². The van der Waals surface area contributed by atoms with E-state index in [1.54, 1.807) is 0 Å². The summed E-state index contributed by atoms with van der Waals surface area (Å²) in [6, 6.07) is 0.582. The van der Waals surface area contributed by atoms with Gasteiger partial charge in [-0.05, 0) is 43.3 Å². The molecular formula is C10H20N2S. The van der Waals surface area contributed by atoms with Crippen LogP contribution in [0.4, 0.5) is 0 Å². The first-order chi connectivity index (χ1) is 6.11. The Balaban J connectivity index is 2.37. The molecular weight excluding hydrogens is 180 g/mol. The van der Waals surface area contributed by atoms with Crippen LogP contribution in [0.1, 0.15) is 33.1 Å². The SMILES string of the molecule is CNC(=S)NC1CC(C)CC(C)C1. The van der Waals surface area contributed by atoms with Gasteiger partial charge in [0.2, 0.25) is 0 Å². The van der Waals surface area contributed by atoms with E-state index in [0.29, 0.717) is 6.04 Å². The average molecular weight is 200 g/mol. The minimum Gasteiger partial charge on any atom is -0.366 e. The molecule has 3 heteroatoms. The zero-order valence-corrected chi connectivity index (χ0v) is 9.58. The van der Waals surface area contributed by atoms with Crippen molar-refractivity contribution >= 4 is 17.3 Å². The summed E-state index contributed by atoms with van der Waals surface area (Å²) in [5, 5.41) is 7.10. The van der Waals surface area contributed by atoms with Crippen molar-refractivity contribution in [2.45, 2.75) is 39.2 Å². The van der Waals surface area contributed by atoms with Crippen LogP contribution in [-0.4, -0.2) is 18.2 Å². The highest BCUT2D eigenvalue weighted by Gasteiger charge is 2.23. The molecule has 2 unspecified atom stereocenters. The fourth-order valence-corrected chi connectivity index (χ4v) is 2.49. The summed E-state index contributed by atoms with van der Waals surface area (Å²) in [6.07, 6.45) is 3.88. The largest absolute Gasteiger partial charge is 0.366 e. The maximum absolute atomic E-state index is 5.09. The van der Waals surface area contributed by atoms with Crippen LogP contribution < -0.4 is 10.6 Å². The minimum absolute atomic E-state index is 0.582. The van der Waals surface area contributed by atoms with Gasteiger partial charge in [0.1, 0.15) is 0 Å². The highest BCUT2D eigenvalue weighted by molar-refractivity contribution is 7.80. The number of hydrogen-bond donors (Lipinski definition) is 2. The van der Waals surface area contributed by atoms with Crippen molar-refractivity contribution in [3.05, 3.63) is 0 Å². The summed E-state index contributed by atoms with van der Waals surface area (Å²) >= 11 is 5.09. The summed E-state index contributed by atoms with van der Waals surface area (Å²) in [5.41, 5.74) is 0. The lowest BCUT2D eigenvalue weighted by Crippen LogP contribution is -2.43. The van der Waals surface area contributed by atoms with E-state index in [9.17, 15) is 0 Å². The average Bonchev–Trinajstić information content (AvgIpc) is 2.02. The van der Waals surface area contributed by atoms with Crippen LogP contribution in [-0.2, 0) is 0 Å². The molecule has 76 valence electrons. The first-order valence-corrected chi connectivity index (χ1v) is 5.51. The van der Waals surface area contributed by atoms with Crippen molar-refractivity contribution in [3.8, 4) is 0 Å². The highest BCUT2D eigenvalue weighted by Crippen LogP contribution is 2.28. The lowest BCUT2D eigenvalue weighted by atomic mass is 9.80. The van der Waals surface area contributed by atoms with E-state index in [1.807, 2.05) is 7.05 Å². The molecule has 1 aliphatic rings. The van der Waals surface area contributed by atoms with Gasteiger partial charge in [-0.2, -0.15) is 0 Å². The Bertz CT molecular complexity index is 172. The topological polar surface area (TPSA) is 24.1 Å². The summed E-state index contributed by atoms with van der Waals surface area (Å²) in [5.74, 6) is 1.67. The second-order valence-corrected chi connectivity index (χ2v) is 4.75. The molecule has 0 aromatic heterocycles. The monoisotopic (exact) mass is 200 g/mol. The molecule has 2 N–H and O–H groups in total. The van der Waals surface area contributed by atoms with Crippen molar-refractivity contribution < 1.29 is 0 Å². The number of hydrogen-bond acceptors (Lipinski definition) is 1. The molecule has 1 fully saturated rings. The third kappa shape index (κ3) is 3.51. The van der Waals surface area contributed by atoms with E-state index in [1.165, 1.54) is 19.3 Å². The van der Waals surface area contributed by atoms with Crippen LogP contribution in [0.25, 0.3) is 0 Å². The molecule has 13 heavy (non-hydrogen) atoms. The van der Waals surface area contributed by atoms with E-state index in [-0.39, 0.29) is 0 Å². The zero-order valence-electron chi connectivity index (χ0n) is 8.76. The van der Waals surface area contributed by atoms with Gasteiger partial charge in [-0.1, -0.05) is 13.8 Å². The number of rotatable bonds is 1. The molecule has 0 radical (unpaired) electrons. The van der Waals surface area contributed by atoms with Crippen molar-refractivity contribution in [1.29, 1.82) is 0 Å². The third-order valence-electron chi connectivity index (χ3n) is 2.74. The molecule has 1 rings (SSSR count). The molecule has 0 bridgehead atoms. The quantitative estimate of drug-likeness (QED) is 0.632. The standard InChI is InChI=1S/C10H20N2S/c1-7-4-8(2)6-9(5-7)12-10(13)11-3/h7-9H,4-6H2,1-3H3,(H2,11,12,13). The highest BCUT2D eigenvalue weighted by atomic mass is 32.1. The summed E-state index contributed by atoms with van der Waals surface area (Å²) in [4.78, 5) is 0. The van der Waals surface area contributed by atoms with Gasteiger partial charge >= 0.3 is 0 Å². The second-order valence-electron chi connectivity index (χ2n) is 4.34. The van der Waals surface area contributed by atoms with Gasteiger partial charge in [-0.3, -0.25) is 0 Å². The van der Waals surface area contributed by atoms with E-state index in [4.69, 9.17) is 12.2 Å². The van der Waals surface area contributed by atoms with E-state index in [2.05, 4.69) is 24.5 Å². The lowest BCUT2D eigenvalue weighted by molar-refractivity contribution is 0.256. The third-order valence-corrected chi connectivity index (χ3v) is 3.06. The molecule has 0 heterocycles. The smallest absolute Gasteiger partial charge is 0.166 e. The van der Waals surface area contributed by atoms with Crippen molar-refractivity contribution in [2.75, 3.05) is 7.05 Å². The summed E-state index contributed by atoms with van der Waals surface area (Å²) in [6.45, 7) is 4.65. The van der Waals surface area contributed by atoms with Gasteiger partial charge in [0.15, 0.2) is 5.11 Å². The van der Waals surface area contributed by atoms with Crippen LogP contribution in [0.15, 0.2) is 0 Å². The molecule has 0 aromatic rings. The Labute approximate surface area is 86.5 Å².